The molecule has 1 aliphatic carbocycles. The van der Waals surface area contributed by atoms with E-state index < -0.39 is 17.2 Å². The van der Waals surface area contributed by atoms with E-state index in [2.05, 4.69) is 4.98 Å². The van der Waals surface area contributed by atoms with E-state index in [4.69, 9.17) is 0 Å². The molecule has 2 aromatic heterocycles. The maximum Gasteiger partial charge on any atom is 0.341 e. The number of fused-ring (bicyclic) bond motifs is 1. The van der Waals surface area contributed by atoms with Crippen molar-refractivity contribution >= 4 is 34.6 Å². The van der Waals surface area contributed by atoms with Crippen molar-refractivity contribution in [3.8, 4) is 0 Å². The van der Waals surface area contributed by atoms with Gasteiger partial charge >= 0.3 is 5.97 Å². The quantitative estimate of drug-likeness (QED) is 0.915. The number of anilines is 1. The first kappa shape index (κ1) is 15.4. The molecule has 1 aliphatic heterocycles. The highest BCUT2D eigenvalue weighted by Crippen LogP contribution is 2.37. The van der Waals surface area contributed by atoms with Gasteiger partial charge in [0.15, 0.2) is 11.6 Å². The summed E-state index contributed by atoms with van der Waals surface area (Å²) in [6.07, 6.45) is 3.17. The summed E-state index contributed by atoms with van der Waals surface area (Å²) >= 11 is 1.82. The zero-order chi connectivity index (χ0) is 16.8. The first-order chi connectivity index (χ1) is 11.6. The van der Waals surface area contributed by atoms with Crippen molar-refractivity contribution in [1.29, 1.82) is 0 Å². The molecule has 1 N–H and O–H groups in total. The van der Waals surface area contributed by atoms with Gasteiger partial charge in [-0.1, -0.05) is 0 Å². The van der Waals surface area contributed by atoms with Crippen molar-refractivity contribution in [3.63, 3.8) is 0 Å². The van der Waals surface area contributed by atoms with E-state index >= 15 is 0 Å². The van der Waals surface area contributed by atoms with Crippen LogP contribution in [0.25, 0.3) is 11.0 Å². The summed E-state index contributed by atoms with van der Waals surface area (Å²) < 4.78 is 16.3. The van der Waals surface area contributed by atoms with Crippen LogP contribution >= 0.6 is 11.8 Å². The minimum absolute atomic E-state index is 0.0365. The van der Waals surface area contributed by atoms with Crippen LogP contribution in [0.1, 0.15) is 29.2 Å². The monoisotopic (exact) mass is 349 g/mol. The Kier molecular flexibility index (Phi) is 3.71. The summed E-state index contributed by atoms with van der Waals surface area (Å²) in [5.41, 5.74) is -0.638. The molecule has 8 heteroatoms. The van der Waals surface area contributed by atoms with Gasteiger partial charge < -0.3 is 14.6 Å². The summed E-state index contributed by atoms with van der Waals surface area (Å²) in [6.45, 7) is 1.42. The summed E-state index contributed by atoms with van der Waals surface area (Å²) in [7, 11) is 0. The average Bonchev–Trinajstić information content (AvgIpc) is 3.40. The van der Waals surface area contributed by atoms with Gasteiger partial charge in [-0.15, -0.1) is 0 Å². The molecule has 0 aromatic carbocycles. The van der Waals surface area contributed by atoms with Crippen LogP contribution in [-0.4, -0.2) is 45.2 Å². The number of aromatic carboxylic acids is 1. The molecule has 0 radical (unpaired) electrons. The summed E-state index contributed by atoms with van der Waals surface area (Å²) in [4.78, 5) is 30.0. The van der Waals surface area contributed by atoms with Gasteiger partial charge in [0.05, 0.1) is 5.39 Å². The van der Waals surface area contributed by atoms with Crippen LogP contribution in [-0.2, 0) is 0 Å². The maximum atomic E-state index is 14.6. The molecule has 1 saturated carbocycles. The van der Waals surface area contributed by atoms with Gasteiger partial charge in [-0.05, 0) is 18.9 Å². The number of hydrogen-bond donors (Lipinski definition) is 1. The topological polar surface area (TPSA) is 75.4 Å². The van der Waals surface area contributed by atoms with E-state index in [-0.39, 0.29) is 22.8 Å². The fraction of sp³-hybridized carbons (Fsp3) is 0.438. The SMILES string of the molecule is O=C(O)c1cn(C2CC2)c2nc(N3CCSCC3)c(F)cc2c1=O. The number of thioether (sulfide) groups is 1. The number of nitrogens with zero attached hydrogens (tertiary/aromatic N) is 3. The van der Waals surface area contributed by atoms with Crippen molar-refractivity contribution in [3.05, 3.63) is 33.9 Å². The minimum atomic E-state index is -1.30. The Bertz CT molecular complexity index is 888. The molecule has 0 amide bonds. The second-order valence-electron chi connectivity index (χ2n) is 6.08. The van der Waals surface area contributed by atoms with Crippen molar-refractivity contribution in [2.75, 3.05) is 29.5 Å². The lowest BCUT2D eigenvalue weighted by Crippen LogP contribution is -2.34. The predicted octanol–water partition coefficient (Wildman–Crippen LogP) is 2.12. The van der Waals surface area contributed by atoms with E-state index in [0.29, 0.717) is 18.7 Å². The highest BCUT2D eigenvalue weighted by atomic mass is 32.2. The smallest absolute Gasteiger partial charge is 0.341 e. The van der Waals surface area contributed by atoms with Crippen molar-refractivity contribution in [1.82, 2.24) is 9.55 Å². The van der Waals surface area contributed by atoms with Gasteiger partial charge in [-0.25, -0.2) is 14.2 Å². The van der Waals surface area contributed by atoms with E-state index in [0.717, 1.165) is 30.4 Å². The third kappa shape index (κ3) is 2.54. The molecule has 2 aromatic rings. The van der Waals surface area contributed by atoms with Crippen LogP contribution in [0.15, 0.2) is 17.1 Å². The molecule has 1 saturated heterocycles. The van der Waals surface area contributed by atoms with E-state index in [1.54, 1.807) is 4.57 Å². The lowest BCUT2D eigenvalue weighted by Gasteiger charge is -2.28. The predicted molar refractivity (Wildman–Crippen MR) is 90.7 cm³/mol. The molecule has 6 nitrogen and oxygen atoms in total. The largest absolute Gasteiger partial charge is 0.477 e. The minimum Gasteiger partial charge on any atom is -0.477 e. The summed E-state index contributed by atoms with van der Waals surface area (Å²) in [5.74, 6) is 0.198. The highest BCUT2D eigenvalue weighted by Gasteiger charge is 2.29. The Labute approximate surface area is 141 Å². The van der Waals surface area contributed by atoms with Crippen molar-refractivity contribution in [2.45, 2.75) is 18.9 Å². The Morgan fingerprint density at radius 3 is 2.67 bits per heavy atom. The van der Waals surface area contributed by atoms with Gasteiger partial charge in [0.1, 0.15) is 11.2 Å². The third-order valence-electron chi connectivity index (χ3n) is 4.42. The highest BCUT2D eigenvalue weighted by molar-refractivity contribution is 7.99. The first-order valence-electron chi connectivity index (χ1n) is 7.87. The van der Waals surface area contributed by atoms with Crippen LogP contribution in [0.5, 0.6) is 0 Å². The van der Waals surface area contributed by atoms with Crippen molar-refractivity contribution < 1.29 is 14.3 Å². The number of aromatic nitrogens is 2. The Hall–Kier alpha value is -2.09. The zero-order valence-electron chi connectivity index (χ0n) is 12.9. The molecule has 0 bridgehead atoms. The number of pyridine rings is 2. The molecule has 4 rings (SSSR count). The molecule has 2 aliphatic rings. The molecule has 24 heavy (non-hydrogen) atoms. The van der Waals surface area contributed by atoms with Crippen LogP contribution in [0.3, 0.4) is 0 Å². The fourth-order valence-electron chi connectivity index (χ4n) is 3.02. The third-order valence-corrected chi connectivity index (χ3v) is 5.36. The second kappa shape index (κ2) is 5.77. The van der Waals surface area contributed by atoms with Gasteiger partial charge in [0.2, 0.25) is 5.43 Å². The first-order valence-corrected chi connectivity index (χ1v) is 9.03. The number of halogens is 1. The molecule has 126 valence electrons. The Morgan fingerprint density at radius 2 is 2.04 bits per heavy atom. The van der Waals surface area contributed by atoms with Crippen molar-refractivity contribution in [2.24, 2.45) is 0 Å². The second-order valence-corrected chi connectivity index (χ2v) is 7.30. The van der Waals surface area contributed by atoms with E-state index in [1.165, 1.54) is 6.20 Å². The molecule has 2 fully saturated rings. The van der Waals surface area contributed by atoms with E-state index in [9.17, 15) is 19.1 Å². The molecular formula is C16H16FN3O3S. The standard InChI is InChI=1S/C16H16FN3O3S/c17-12-7-10-13(21)11(16(22)23)8-20(9-1-2-9)14(10)18-15(12)19-3-5-24-6-4-19/h7-9H,1-6H2,(H,22,23). The maximum absolute atomic E-state index is 14.6. The Morgan fingerprint density at radius 1 is 1.33 bits per heavy atom. The number of rotatable bonds is 3. The Balaban J connectivity index is 1.95. The van der Waals surface area contributed by atoms with Gasteiger partial charge in [-0.2, -0.15) is 11.8 Å². The van der Waals surface area contributed by atoms with Gasteiger partial charge in [0, 0.05) is 36.8 Å². The number of carboxylic acids is 1. The lowest BCUT2D eigenvalue weighted by atomic mass is 10.2. The van der Waals surface area contributed by atoms with Gasteiger partial charge in [0.25, 0.3) is 0 Å². The average molecular weight is 349 g/mol. The molecule has 0 spiro atoms. The lowest BCUT2D eigenvalue weighted by molar-refractivity contribution is 0.0695. The number of hydrogen-bond acceptors (Lipinski definition) is 5. The zero-order valence-corrected chi connectivity index (χ0v) is 13.7. The number of carboxylic acid groups (broad SMARTS) is 1. The van der Waals surface area contributed by atoms with Crippen LogP contribution in [0, 0.1) is 5.82 Å². The van der Waals surface area contributed by atoms with E-state index in [1.807, 2.05) is 16.7 Å². The summed E-state index contributed by atoms with van der Waals surface area (Å²) in [6, 6.07) is 1.28. The fourth-order valence-corrected chi connectivity index (χ4v) is 3.92. The normalized spacial score (nSPS) is 18.1. The molecule has 3 heterocycles. The van der Waals surface area contributed by atoms with Gasteiger partial charge in [-0.3, -0.25) is 4.79 Å². The number of carbonyl (C=O) groups is 1. The summed E-state index contributed by atoms with van der Waals surface area (Å²) in [5, 5.41) is 9.28. The molecular weight excluding hydrogens is 333 g/mol. The molecule has 0 unspecified atom stereocenters. The van der Waals surface area contributed by atoms with Crippen LogP contribution in [0.4, 0.5) is 10.2 Å². The van der Waals surface area contributed by atoms with Crippen LogP contribution < -0.4 is 10.3 Å². The van der Waals surface area contributed by atoms with Crippen LogP contribution in [0.2, 0.25) is 0 Å². The molecule has 0 atom stereocenters.